The number of nitrogens with zero attached hydrogens (tertiary/aromatic N) is 2. The van der Waals surface area contributed by atoms with Crippen LogP contribution in [0.5, 0.6) is 5.75 Å². The Bertz CT molecular complexity index is 2000. The molecular formula is C44H46F6N2O6. The number of carbonyl (C=O) groups excluding carboxylic acids is 1. The summed E-state index contributed by atoms with van der Waals surface area (Å²) in [5.74, 6) is -2.42. The van der Waals surface area contributed by atoms with E-state index in [1.165, 1.54) is 36.4 Å². The molecule has 6 rings (SSSR count). The van der Waals surface area contributed by atoms with Crippen LogP contribution in [0.25, 0.3) is 0 Å². The number of ether oxygens (including phenoxy) is 3. The van der Waals surface area contributed by atoms with Gasteiger partial charge in [0.1, 0.15) is 11.3 Å². The normalized spacial score (nSPS) is 20.2. The van der Waals surface area contributed by atoms with Gasteiger partial charge in [0.15, 0.2) is 0 Å². The minimum absolute atomic E-state index is 0.00972. The molecule has 4 aromatic rings. The van der Waals surface area contributed by atoms with Crippen LogP contribution in [-0.2, 0) is 21.8 Å². The minimum atomic E-state index is -4.45. The first-order valence-corrected chi connectivity index (χ1v) is 19.4. The fourth-order valence-corrected chi connectivity index (χ4v) is 7.87. The highest BCUT2D eigenvalue weighted by molar-refractivity contribution is 5.96. The average molecular weight is 813 g/mol. The van der Waals surface area contributed by atoms with Crippen LogP contribution >= 0.6 is 0 Å². The fraction of sp³-hybridized carbons (Fsp3) is 0.409. The molecule has 2 saturated heterocycles. The van der Waals surface area contributed by atoms with Gasteiger partial charge in [-0.05, 0) is 111 Å². The van der Waals surface area contributed by atoms with Crippen molar-refractivity contribution in [1.29, 1.82) is 0 Å². The first-order valence-electron chi connectivity index (χ1n) is 19.4. The third-order valence-corrected chi connectivity index (χ3v) is 11.0. The number of halogens is 6. The SMILES string of the molecule is CCOC[C@H]1CC[C@@H](c2ccc(C(F)(F)F)cc2)CN1c1ccc(C(=O)O)c(OC(=O)c2ccc(N3C[C@@H](c4ccc(C(F)(F)F)cc4)CC[C@H]3COCC)cc2)c1. The van der Waals surface area contributed by atoms with Crippen LogP contribution in [0, 0.1) is 0 Å². The first-order chi connectivity index (χ1) is 27.7. The molecule has 0 aromatic heterocycles. The van der Waals surface area contributed by atoms with E-state index in [1.54, 1.807) is 30.3 Å². The van der Waals surface area contributed by atoms with E-state index in [9.17, 15) is 41.0 Å². The van der Waals surface area contributed by atoms with Crippen LogP contribution in [0.4, 0.5) is 37.7 Å². The van der Waals surface area contributed by atoms with Gasteiger partial charge in [0.25, 0.3) is 0 Å². The number of hydrogen-bond donors (Lipinski definition) is 1. The predicted molar refractivity (Wildman–Crippen MR) is 207 cm³/mol. The van der Waals surface area contributed by atoms with Crippen LogP contribution < -0.4 is 14.5 Å². The molecule has 0 bridgehead atoms. The molecule has 4 aromatic carbocycles. The minimum Gasteiger partial charge on any atom is -0.478 e. The maximum atomic E-state index is 13.6. The summed E-state index contributed by atoms with van der Waals surface area (Å²) in [7, 11) is 0. The van der Waals surface area contributed by atoms with E-state index in [0.29, 0.717) is 58.0 Å². The van der Waals surface area contributed by atoms with E-state index in [-0.39, 0.29) is 40.8 Å². The molecule has 0 radical (unpaired) electrons. The van der Waals surface area contributed by atoms with Crippen molar-refractivity contribution >= 4 is 23.3 Å². The predicted octanol–water partition coefficient (Wildman–Crippen LogP) is 10.2. The van der Waals surface area contributed by atoms with Crippen LogP contribution in [0.3, 0.4) is 0 Å². The molecule has 0 unspecified atom stereocenters. The Hall–Kier alpha value is -5.08. The monoisotopic (exact) mass is 812 g/mol. The first kappa shape index (κ1) is 42.5. The number of piperidine rings is 2. The van der Waals surface area contributed by atoms with E-state index in [4.69, 9.17) is 14.2 Å². The third-order valence-electron chi connectivity index (χ3n) is 11.0. The van der Waals surface area contributed by atoms with Gasteiger partial charge < -0.3 is 29.1 Å². The molecule has 14 heteroatoms. The van der Waals surface area contributed by atoms with Gasteiger partial charge in [-0.2, -0.15) is 26.3 Å². The topological polar surface area (TPSA) is 88.5 Å². The van der Waals surface area contributed by atoms with Gasteiger partial charge in [0.2, 0.25) is 0 Å². The molecule has 2 aliphatic rings. The molecule has 2 heterocycles. The van der Waals surface area contributed by atoms with Crippen molar-refractivity contribution in [2.45, 2.75) is 75.8 Å². The Morgan fingerprint density at radius 3 is 1.52 bits per heavy atom. The number of carboxylic acid groups (broad SMARTS) is 1. The maximum Gasteiger partial charge on any atom is 0.416 e. The highest BCUT2D eigenvalue weighted by atomic mass is 19.4. The number of aromatic carboxylic acids is 1. The van der Waals surface area contributed by atoms with Gasteiger partial charge in [-0.25, -0.2) is 9.59 Å². The van der Waals surface area contributed by atoms with Crippen molar-refractivity contribution in [3.8, 4) is 5.75 Å². The smallest absolute Gasteiger partial charge is 0.416 e. The maximum absolute atomic E-state index is 13.6. The molecular weight excluding hydrogens is 766 g/mol. The summed E-state index contributed by atoms with van der Waals surface area (Å²) in [4.78, 5) is 30.1. The number of hydrogen-bond acceptors (Lipinski definition) is 7. The molecule has 8 nitrogen and oxygen atoms in total. The van der Waals surface area contributed by atoms with Crippen LogP contribution in [0.2, 0.25) is 0 Å². The van der Waals surface area contributed by atoms with Gasteiger partial charge >= 0.3 is 24.3 Å². The number of alkyl halides is 6. The standard InChI is InChI=1S/C44H46F6N2O6/c1-3-56-26-37-19-11-31(28-5-13-33(14-6-28)43(45,46)47)24-51(37)35-17-9-30(10-18-35)42(55)58-40-23-36(21-22-39(40)41(53)54)52-25-32(12-20-38(52)27-57-4-2)29-7-15-34(16-8-29)44(48,49)50/h5-10,13-18,21-23,31-32,37-38H,3-4,11-12,19-20,24-27H2,1-2H3,(H,53,54)/t31-,32+,37-,38+/m0/s1. The quantitative estimate of drug-likeness (QED) is 0.0811. The van der Waals surface area contributed by atoms with E-state index < -0.39 is 35.4 Å². The van der Waals surface area contributed by atoms with Gasteiger partial charge in [0, 0.05) is 55.6 Å². The lowest BCUT2D eigenvalue weighted by molar-refractivity contribution is -0.138. The van der Waals surface area contributed by atoms with Gasteiger partial charge in [-0.15, -0.1) is 0 Å². The number of anilines is 2. The second-order valence-corrected chi connectivity index (χ2v) is 14.6. The Morgan fingerprint density at radius 2 is 1.09 bits per heavy atom. The Labute approximate surface area is 333 Å². The van der Waals surface area contributed by atoms with Crippen LogP contribution in [0.15, 0.2) is 91.0 Å². The van der Waals surface area contributed by atoms with Crippen molar-refractivity contribution < 1.29 is 55.2 Å². The van der Waals surface area contributed by atoms with Crippen LogP contribution in [-0.4, -0.2) is 68.6 Å². The van der Waals surface area contributed by atoms with Crippen molar-refractivity contribution in [1.82, 2.24) is 0 Å². The second kappa shape index (κ2) is 18.2. The molecule has 1 N–H and O–H groups in total. The van der Waals surface area contributed by atoms with Crippen molar-refractivity contribution in [2.75, 3.05) is 49.3 Å². The summed E-state index contributed by atoms with van der Waals surface area (Å²) in [5, 5.41) is 10.0. The Morgan fingerprint density at radius 1 is 0.638 bits per heavy atom. The Kier molecular flexibility index (Phi) is 13.4. The lowest BCUT2D eigenvalue weighted by atomic mass is 9.86. The summed E-state index contributed by atoms with van der Waals surface area (Å²) in [6.07, 6.45) is -6.03. The molecule has 2 fully saturated rings. The summed E-state index contributed by atoms with van der Waals surface area (Å²) in [5.41, 5.74) is 1.39. The van der Waals surface area contributed by atoms with E-state index in [0.717, 1.165) is 53.9 Å². The largest absolute Gasteiger partial charge is 0.478 e. The summed E-state index contributed by atoms with van der Waals surface area (Å²) < 4.78 is 96.7. The zero-order valence-corrected chi connectivity index (χ0v) is 32.2. The Balaban J connectivity index is 1.21. The molecule has 310 valence electrons. The summed E-state index contributed by atoms with van der Waals surface area (Å²) in [6.45, 7) is 6.49. The number of carboxylic acids is 1. The van der Waals surface area contributed by atoms with Gasteiger partial charge in [-0.1, -0.05) is 24.3 Å². The molecule has 0 aliphatic carbocycles. The zero-order chi connectivity index (χ0) is 41.6. The van der Waals surface area contributed by atoms with Crippen LogP contribution in [0.1, 0.15) is 94.3 Å². The van der Waals surface area contributed by atoms with Crippen molar-refractivity contribution in [2.24, 2.45) is 0 Å². The second-order valence-electron chi connectivity index (χ2n) is 14.6. The highest BCUT2D eigenvalue weighted by Crippen LogP contribution is 2.39. The summed E-state index contributed by atoms with van der Waals surface area (Å²) >= 11 is 0. The number of rotatable bonds is 13. The fourth-order valence-electron chi connectivity index (χ4n) is 7.87. The van der Waals surface area contributed by atoms with Gasteiger partial charge in [-0.3, -0.25) is 0 Å². The molecule has 58 heavy (non-hydrogen) atoms. The van der Waals surface area contributed by atoms with E-state index >= 15 is 0 Å². The number of benzene rings is 4. The van der Waals surface area contributed by atoms with Gasteiger partial charge in [0.05, 0.1) is 42.0 Å². The molecule has 0 saturated carbocycles. The number of carbonyl (C=O) groups is 2. The lowest BCUT2D eigenvalue weighted by Crippen LogP contribution is -2.45. The molecule has 4 atom stereocenters. The van der Waals surface area contributed by atoms with E-state index in [1.807, 2.05) is 18.7 Å². The zero-order valence-electron chi connectivity index (χ0n) is 32.2. The molecule has 0 amide bonds. The highest BCUT2D eigenvalue weighted by Gasteiger charge is 2.35. The van der Waals surface area contributed by atoms with E-state index in [2.05, 4.69) is 4.90 Å². The molecule has 2 aliphatic heterocycles. The molecule has 0 spiro atoms. The van der Waals surface area contributed by atoms with Crippen molar-refractivity contribution in [3.05, 3.63) is 124 Å². The summed E-state index contributed by atoms with van der Waals surface area (Å²) in [6, 6.07) is 21.4. The number of esters is 1. The average Bonchev–Trinajstić information content (AvgIpc) is 3.21. The van der Waals surface area contributed by atoms with Crippen molar-refractivity contribution in [3.63, 3.8) is 0 Å². The lowest BCUT2D eigenvalue weighted by Gasteiger charge is -2.41. The third kappa shape index (κ3) is 10.1.